The molecule has 0 saturated carbocycles. The summed E-state index contributed by atoms with van der Waals surface area (Å²) in [6, 6.07) is 11.6. The van der Waals surface area contributed by atoms with Crippen LogP contribution < -0.4 is 20.9 Å². The van der Waals surface area contributed by atoms with E-state index in [1.165, 1.54) is 19.1 Å². The lowest BCUT2D eigenvalue weighted by molar-refractivity contribution is 0.0848. The smallest absolute Gasteiger partial charge is 0.291 e. The molecular weight excluding hydrogens is 442 g/mol. The van der Waals surface area contributed by atoms with Gasteiger partial charge in [-0.05, 0) is 61.4 Å². The van der Waals surface area contributed by atoms with Crippen LogP contribution in [0.15, 0.2) is 53.1 Å². The first-order valence-corrected chi connectivity index (χ1v) is 11.6. The maximum atomic E-state index is 12.5. The van der Waals surface area contributed by atoms with Crippen LogP contribution in [0.5, 0.6) is 5.75 Å². The predicted octanol–water partition coefficient (Wildman–Crippen LogP) is 4.94. The van der Waals surface area contributed by atoms with Gasteiger partial charge in [0, 0.05) is 5.56 Å². The standard InChI is InChI=1S/C24H27N3O5S/c1-3-4-5-6-13-31-18-11-9-17(10-12-18)22(28)26-27-24(30)21-16(2)15-20(33-21)25-23(29)19-8-7-14-32-19/h7-12,14-15H,3-6,13H2,1-2H3,(H,25,29)(H,26,28)(H,27,30). The molecule has 0 fully saturated rings. The van der Waals surface area contributed by atoms with E-state index in [4.69, 9.17) is 9.15 Å². The summed E-state index contributed by atoms with van der Waals surface area (Å²) in [6.07, 6.45) is 5.91. The highest BCUT2D eigenvalue weighted by molar-refractivity contribution is 7.18. The molecule has 3 N–H and O–H groups in total. The number of amides is 3. The largest absolute Gasteiger partial charge is 0.494 e. The summed E-state index contributed by atoms with van der Waals surface area (Å²) in [5, 5.41) is 3.18. The van der Waals surface area contributed by atoms with E-state index >= 15 is 0 Å². The Morgan fingerprint density at radius 1 is 0.970 bits per heavy atom. The number of nitrogens with one attached hydrogen (secondary N) is 3. The zero-order valence-electron chi connectivity index (χ0n) is 18.6. The second-order valence-corrected chi connectivity index (χ2v) is 8.45. The number of benzene rings is 1. The number of hydrazine groups is 1. The number of hydrogen-bond donors (Lipinski definition) is 3. The third-order valence-corrected chi connectivity index (χ3v) is 5.93. The van der Waals surface area contributed by atoms with Crippen molar-refractivity contribution in [1.29, 1.82) is 0 Å². The van der Waals surface area contributed by atoms with E-state index in [0.717, 1.165) is 24.2 Å². The second-order valence-electron chi connectivity index (χ2n) is 7.40. The minimum atomic E-state index is -0.476. The first kappa shape index (κ1) is 24.1. The molecule has 9 heteroatoms. The molecular formula is C24H27N3O5S. The van der Waals surface area contributed by atoms with Crippen LogP contribution in [0.25, 0.3) is 0 Å². The van der Waals surface area contributed by atoms with E-state index in [0.29, 0.717) is 33.4 Å². The van der Waals surface area contributed by atoms with Crippen LogP contribution in [-0.4, -0.2) is 24.3 Å². The van der Waals surface area contributed by atoms with Gasteiger partial charge in [0.1, 0.15) is 5.75 Å². The van der Waals surface area contributed by atoms with Crippen molar-refractivity contribution >= 4 is 34.1 Å². The molecule has 0 bridgehead atoms. The van der Waals surface area contributed by atoms with Gasteiger partial charge in [-0.2, -0.15) is 0 Å². The fourth-order valence-electron chi connectivity index (χ4n) is 3.01. The lowest BCUT2D eigenvalue weighted by atomic mass is 10.2. The number of anilines is 1. The first-order valence-electron chi connectivity index (χ1n) is 10.8. The monoisotopic (exact) mass is 469 g/mol. The maximum absolute atomic E-state index is 12.5. The number of aryl methyl sites for hydroxylation is 1. The summed E-state index contributed by atoms with van der Waals surface area (Å²) in [6.45, 7) is 4.55. The van der Waals surface area contributed by atoms with E-state index in [1.807, 2.05) is 0 Å². The number of thiophene rings is 1. The summed E-state index contributed by atoms with van der Waals surface area (Å²) < 4.78 is 10.7. The first-order chi connectivity index (χ1) is 16.0. The van der Waals surface area contributed by atoms with Crippen LogP contribution in [-0.2, 0) is 0 Å². The minimum Gasteiger partial charge on any atom is -0.494 e. The number of carbonyl (C=O) groups is 3. The molecule has 2 aromatic heterocycles. The minimum absolute atomic E-state index is 0.173. The van der Waals surface area contributed by atoms with Crippen LogP contribution in [0.4, 0.5) is 5.00 Å². The molecule has 0 aliphatic heterocycles. The lowest BCUT2D eigenvalue weighted by Gasteiger charge is -2.09. The van der Waals surface area contributed by atoms with Gasteiger partial charge in [0.2, 0.25) is 0 Å². The normalized spacial score (nSPS) is 10.5. The molecule has 0 aliphatic carbocycles. The van der Waals surface area contributed by atoms with Gasteiger partial charge in [-0.3, -0.25) is 25.2 Å². The topological polar surface area (TPSA) is 110 Å². The van der Waals surface area contributed by atoms with Gasteiger partial charge >= 0.3 is 0 Å². The van der Waals surface area contributed by atoms with E-state index in [-0.39, 0.29) is 5.76 Å². The van der Waals surface area contributed by atoms with Crippen molar-refractivity contribution in [3.05, 3.63) is 70.5 Å². The number of carbonyl (C=O) groups excluding carboxylic acids is 3. The summed E-state index contributed by atoms with van der Waals surface area (Å²) in [5.41, 5.74) is 5.88. The van der Waals surface area contributed by atoms with Gasteiger partial charge in [0.05, 0.1) is 22.7 Å². The fraction of sp³-hybridized carbons (Fsp3) is 0.292. The molecule has 0 saturated heterocycles. The van der Waals surface area contributed by atoms with Crippen LogP contribution in [0.2, 0.25) is 0 Å². The zero-order chi connectivity index (χ0) is 23.6. The van der Waals surface area contributed by atoms with Crippen LogP contribution in [0.1, 0.15) is 68.8 Å². The average molecular weight is 470 g/mol. The van der Waals surface area contributed by atoms with E-state index in [2.05, 4.69) is 23.1 Å². The molecule has 1 aromatic carbocycles. The Bertz CT molecular complexity index is 1070. The highest BCUT2D eigenvalue weighted by Gasteiger charge is 2.17. The van der Waals surface area contributed by atoms with E-state index in [9.17, 15) is 14.4 Å². The highest BCUT2D eigenvalue weighted by atomic mass is 32.1. The van der Waals surface area contributed by atoms with Gasteiger partial charge < -0.3 is 14.5 Å². The number of hydrogen-bond acceptors (Lipinski definition) is 6. The molecule has 0 atom stereocenters. The van der Waals surface area contributed by atoms with Crippen molar-refractivity contribution in [2.75, 3.05) is 11.9 Å². The van der Waals surface area contributed by atoms with E-state index in [1.54, 1.807) is 49.4 Å². The molecule has 3 aromatic rings. The molecule has 3 rings (SSSR count). The van der Waals surface area contributed by atoms with Crippen molar-refractivity contribution in [2.45, 2.75) is 39.5 Å². The Hall–Kier alpha value is -3.59. The summed E-state index contributed by atoms with van der Waals surface area (Å²) >= 11 is 1.10. The molecule has 0 radical (unpaired) electrons. The van der Waals surface area contributed by atoms with Gasteiger partial charge in [-0.1, -0.05) is 26.2 Å². The van der Waals surface area contributed by atoms with Gasteiger partial charge in [-0.15, -0.1) is 11.3 Å². The average Bonchev–Trinajstić information content (AvgIpc) is 3.47. The van der Waals surface area contributed by atoms with Crippen molar-refractivity contribution < 1.29 is 23.5 Å². The van der Waals surface area contributed by atoms with Crippen molar-refractivity contribution in [3.63, 3.8) is 0 Å². The predicted molar refractivity (Wildman–Crippen MR) is 127 cm³/mol. The number of unbranched alkanes of at least 4 members (excludes halogenated alkanes) is 3. The number of furan rings is 1. The molecule has 0 spiro atoms. The van der Waals surface area contributed by atoms with Gasteiger partial charge in [0.15, 0.2) is 5.76 Å². The maximum Gasteiger partial charge on any atom is 0.291 e. The highest BCUT2D eigenvalue weighted by Crippen LogP contribution is 2.27. The Morgan fingerprint density at radius 3 is 2.42 bits per heavy atom. The van der Waals surface area contributed by atoms with Crippen molar-refractivity contribution in [3.8, 4) is 5.75 Å². The number of ether oxygens (including phenoxy) is 1. The Labute approximate surface area is 196 Å². The van der Waals surface area contributed by atoms with Crippen molar-refractivity contribution in [1.82, 2.24) is 10.9 Å². The van der Waals surface area contributed by atoms with E-state index < -0.39 is 17.7 Å². The number of rotatable bonds is 10. The summed E-state index contributed by atoms with van der Waals surface area (Å²) in [5.74, 6) is -0.456. The molecule has 0 aliphatic rings. The summed E-state index contributed by atoms with van der Waals surface area (Å²) in [4.78, 5) is 37.3. The molecule has 2 heterocycles. The Kier molecular flexibility index (Phi) is 8.65. The SMILES string of the molecule is CCCCCCOc1ccc(C(=O)NNC(=O)c2sc(NC(=O)c3ccco3)cc2C)cc1. The van der Waals surface area contributed by atoms with Crippen LogP contribution in [0, 0.1) is 6.92 Å². The molecule has 0 unspecified atom stereocenters. The molecule has 33 heavy (non-hydrogen) atoms. The summed E-state index contributed by atoms with van der Waals surface area (Å²) in [7, 11) is 0. The zero-order valence-corrected chi connectivity index (χ0v) is 19.4. The molecule has 174 valence electrons. The second kappa shape index (κ2) is 11.9. The quantitative estimate of drug-likeness (QED) is 0.288. The fourth-order valence-corrected chi connectivity index (χ4v) is 3.98. The van der Waals surface area contributed by atoms with Crippen LogP contribution in [0.3, 0.4) is 0 Å². The van der Waals surface area contributed by atoms with Gasteiger partial charge in [0.25, 0.3) is 17.7 Å². The third-order valence-electron chi connectivity index (χ3n) is 4.78. The van der Waals surface area contributed by atoms with Crippen LogP contribution >= 0.6 is 11.3 Å². The third kappa shape index (κ3) is 6.95. The molecule has 8 nitrogen and oxygen atoms in total. The lowest BCUT2D eigenvalue weighted by Crippen LogP contribution is -2.41. The Balaban J connectivity index is 1.48. The Morgan fingerprint density at radius 2 is 1.73 bits per heavy atom. The van der Waals surface area contributed by atoms with Crippen molar-refractivity contribution in [2.24, 2.45) is 0 Å². The molecule has 3 amide bonds. The van der Waals surface area contributed by atoms with Gasteiger partial charge in [-0.25, -0.2) is 0 Å².